The maximum atomic E-state index is 12.1. The predicted octanol–water partition coefficient (Wildman–Crippen LogP) is 3.96. The first-order valence-electron chi connectivity index (χ1n) is 8.64. The van der Waals surface area contributed by atoms with E-state index in [4.69, 9.17) is 30.7 Å². The van der Waals surface area contributed by atoms with Crippen molar-refractivity contribution in [2.75, 3.05) is 0 Å². The van der Waals surface area contributed by atoms with Crippen LogP contribution in [0.1, 0.15) is 31.2 Å². The second kappa shape index (κ2) is 17.9. The van der Waals surface area contributed by atoms with E-state index in [1.165, 1.54) is 5.56 Å². The average molecular weight is 802 g/mol. The molecular formula is C17H31F6N5O8OsS2. The Morgan fingerprint density at radius 1 is 0.846 bits per heavy atom. The van der Waals surface area contributed by atoms with Crippen LogP contribution in [-0.2, 0) is 49.6 Å². The van der Waals surface area contributed by atoms with E-state index in [-0.39, 0.29) is 68.0 Å². The van der Waals surface area contributed by atoms with Gasteiger partial charge in [0.15, 0.2) is 20.2 Å². The number of fused-ring (bicyclic) bond motifs is 3. The van der Waals surface area contributed by atoms with Gasteiger partial charge in [-0.05, 0) is 25.0 Å². The Hall–Kier alpha value is -1.73. The van der Waals surface area contributed by atoms with Crippen LogP contribution in [0.5, 0.6) is 0 Å². The number of alkyl halides is 6. The summed E-state index contributed by atoms with van der Waals surface area (Å²) in [4.78, 5) is 12.1. The van der Waals surface area contributed by atoms with Gasteiger partial charge in [0, 0.05) is 18.3 Å². The van der Waals surface area contributed by atoms with Crippen molar-refractivity contribution in [3.8, 4) is 0 Å². The molecule has 1 fully saturated rings. The Kier molecular flexibility index (Phi) is 22.9. The second-order valence-corrected chi connectivity index (χ2v) is 9.83. The summed E-state index contributed by atoms with van der Waals surface area (Å²) in [5.74, 6) is 0.565. The number of hydrogen-bond donors (Lipinski definition) is 5. The summed E-state index contributed by atoms with van der Waals surface area (Å²) in [6.45, 7) is 2.03. The molecule has 13 nitrogen and oxygen atoms in total. The summed E-state index contributed by atoms with van der Waals surface area (Å²) in [5, 5.41) is 0. The minimum atomic E-state index is -6.09. The molecule has 0 aromatic heterocycles. The zero-order valence-corrected chi connectivity index (χ0v) is 24.5. The molecule has 0 saturated heterocycles. The van der Waals surface area contributed by atoms with Crippen molar-refractivity contribution in [3.05, 3.63) is 48.2 Å². The largest absolute Gasteiger partial charge is 2.00 e. The minimum Gasteiger partial charge on any atom is -0.741 e. The molecule has 39 heavy (non-hydrogen) atoms. The van der Waals surface area contributed by atoms with Gasteiger partial charge < -0.3 is 44.6 Å². The zero-order chi connectivity index (χ0) is 25.9. The first-order valence-corrected chi connectivity index (χ1v) is 11.5. The van der Waals surface area contributed by atoms with Crippen molar-refractivity contribution < 1.29 is 81.6 Å². The van der Waals surface area contributed by atoms with E-state index in [0.29, 0.717) is 12.2 Å². The van der Waals surface area contributed by atoms with Crippen LogP contribution < -0.4 is 30.8 Å². The fraction of sp³-hybridized carbons (Fsp3) is 0.471. The van der Waals surface area contributed by atoms with Crippen LogP contribution >= 0.6 is 0 Å². The van der Waals surface area contributed by atoms with Crippen molar-refractivity contribution in [3.63, 3.8) is 0 Å². The Morgan fingerprint density at radius 2 is 1.21 bits per heavy atom. The molecule has 0 spiro atoms. The van der Waals surface area contributed by atoms with Crippen molar-refractivity contribution in [1.29, 1.82) is 0 Å². The minimum absolute atomic E-state index is 0. The smallest absolute Gasteiger partial charge is 0.741 e. The van der Waals surface area contributed by atoms with Gasteiger partial charge >= 0.3 is 30.8 Å². The third-order valence-electron chi connectivity index (χ3n) is 4.44. The van der Waals surface area contributed by atoms with Gasteiger partial charge in [0.2, 0.25) is 0 Å². The number of hydrogen-bond acceptors (Lipinski definition) is 13. The van der Waals surface area contributed by atoms with Gasteiger partial charge in [0.05, 0.1) is 6.26 Å². The quantitative estimate of drug-likeness (QED) is 0.153. The molecule has 1 saturated carbocycles. The van der Waals surface area contributed by atoms with Crippen molar-refractivity contribution in [2.24, 2.45) is 5.92 Å². The molecule has 0 amide bonds. The summed E-state index contributed by atoms with van der Waals surface area (Å²) >= 11 is 0. The first-order chi connectivity index (χ1) is 14.7. The monoisotopic (exact) mass is 803 g/mol. The predicted molar refractivity (Wildman–Crippen MR) is 122 cm³/mol. The van der Waals surface area contributed by atoms with Crippen molar-refractivity contribution in [1.82, 2.24) is 30.8 Å². The summed E-state index contributed by atoms with van der Waals surface area (Å²) in [7, 11) is -12.2. The van der Waals surface area contributed by atoms with Gasteiger partial charge in [-0.15, -0.1) is 0 Å². The Labute approximate surface area is 234 Å². The molecule has 2 heterocycles. The fourth-order valence-electron chi connectivity index (χ4n) is 3.02. The number of allylic oxidation sites excluding steroid dienone is 1. The van der Waals surface area contributed by atoms with E-state index in [2.05, 4.69) is 12.1 Å². The van der Waals surface area contributed by atoms with E-state index in [0.717, 1.165) is 6.42 Å². The summed E-state index contributed by atoms with van der Waals surface area (Å²) in [6, 6.07) is 10.3. The molecule has 3 atom stereocenters. The molecule has 15 N–H and O–H groups in total. The number of ketones is 1. The SMILES string of the molecule is C[C@@]12CC(=O)[C@@H](C=CO1)[C@@H](c1ccccc1)C2.N.N.N.N.N.O=S(=O)([O-])C(F)(F)F.O=S(=O)([O-])C(F)(F)F.[Os+2]. The van der Waals surface area contributed by atoms with E-state index < -0.39 is 31.3 Å². The number of carbonyl (C=O) groups is 1. The normalized spacial score (nSPS) is 21.2. The molecule has 1 aromatic rings. The van der Waals surface area contributed by atoms with Crippen LogP contribution in [0.25, 0.3) is 0 Å². The second-order valence-electron chi connectivity index (χ2n) is 7.09. The fourth-order valence-corrected chi connectivity index (χ4v) is 3.02. The molecule has 3 aliphatic rings. The van der Waals surface area contributed by atoms with Crippen LogP contribution in [0, 0.1) is 5.92 Å². The molecule has 22 heteroatoms. The van der Waals surface area contributed by atoms with E-state index in [1.54, 1.807) is 6.26 Å². The number of ether oxygens (including phenoxy) is 1. The van der Waals surface area contributed by atoms with E-state index >= 15 is 0 Å². The number of carbonyl (C=O) groups excluding carboxylic acids is 1. The number of Topliss-reactive ketones (excluding diaryl/α,β-unsaturated/α-hetero) is 1. The van der Waals surface area contributed by atoms with E-state index in [9.17, 15) is 31.1 Å². The van der Waals surface area contributed by atoms with Gasteiger partial charge in [0.1, 0.15) is 11.4 Å². The number of rotatable bonds is 1. The summed E-state index contributed by atoms with van der Waals surface area (Å²) < 4.78 is 124. The van der Waals surface area contributed by atoms with Crippen LogP contribution in [0.4, 0.5) is 26.3 Å². The summed E-state index contributed by atoms with van der Waals surface area (Å²) in [6.07, 6.45) is 5.10. The molecule has 2 aliphatic heterocycles. The molecule has 2 bridgehead atoms. The standard InChI is InChI=1S/C15H16O2.2CHF3O3S.5H3N.Os/c1-15-9-13(11-5-3-2-4-6-11)12(7-8-17-15)14(16)10-15;2*2-1(3,4)8(5,6)7;;;;;;/h2-8,12-13H,9-10H2,1H3;2*(H,5,6,7);5*1H3;/q;;;;;;;;+2/p-2/t12-,13+,15+;;;;;;;;/m0......../s1. The maximum Gasteiger partial charge on any atom is 2.00 e. The number of halogens is 6. The molecule has 4 rings (SSSR count). The topological polar surface area (TPSA) is 316 Å². The maximum absolute atomic E-state index is 12.1. The van der Waals surface area contributed by atoms with Crippen molar-refractivity contribution in [2.45, 2.75) is 42.3 Å². The van der Waals surface area contributed by atoms with Crippen LogP contribution in [0.15, 0.2) is 42.7 Å². The Morgan fingerprint density at radius 3 is 1.54 bits per heavy atom. The third kappa shape index (κ3) is 15.0. The Bertz CT molecular complexity index is 1050. The van der Waals surface area contributed by atoms with Gasteiger partial charge in [-0.2, -0.15) is 26.3 Å². The first kappa shape index (κ1) is 50.1. The molecular weight excluding hydrogens is 771 g/mol. The van der Waals surface area contributed by atoms with Gasteiger partial charge in [-0.1, -0.05) is 30.3 Å². The molecule has 234 valence electrons. The average Bonchev–Trinajstić information content (AvgIpc) is 2.87. The Balaban J connectivity index is -0.000000109. The molecule has 0 unspecified atom stereocenters. The van der Waals surface area contributed by atoms with Crippen LogP contribution in [0.3, 0.4) is 0 Å². The molecule has 0 radical (unpaired) electrons. The van der Waals surface area contributed by atoms with Gasteiger partial charge in [-0.25, -0.2) is 16.8 Å². The van der Waals surface area contributed by atoms with Crippen LogP contribution in [-0.4, -0.2) is 48.3 Å². The summed E-state index contributed by atoms with van der Waals surface area (Å²) in [5.41, 5.74) is -10.4. The van der Waals surface area contributed by atoms with Gasteiger partial charge in [-0.3, -0.25) is 4.79 Å². The molecule has 1 aromatic carbocycles. The van der Waals surface area contributed by atoms with Crippen molar-refractivity contribution >= 4 is 26.0 Å². The molecule has 1 aliphatic carbocycles. The van der Waals surface area contributed by atoms with Crippen LogP contribution in [0.2, 0.25) is 0 Å². The number of benzene rings is 1. The third-order valence-corrected chi connectivity index (χ3v) is 5.57. The van der Waals surface area contributed by atoms with E-state index in [1.807, 2.05) is 31.2 Å². The zero-order valence-electron chi connectivity index (χ0n) is 20.3. The van der Waals surface area contributed by atoms with Gasteiger partial charge in [0.25, 0.3) is 0 Å².